The van der Waals surface area contributed by atoms with Gasteiger partial charge < -0.3 is 10.1 Å². The van der Waals surface area contributed by atoms with E-state index in [1.807, 2.05) is 61.5 Å². The number of ether oxygens (including phenoxy) is 1. The summed E-state index contributed by atoms with van der Waals surface area (Å²) in [6.45, 7) is 3.98. The molecule has 0 aliphatic heterocycles. The van der Waals surface area contributed by atoms with Crippen molar-refractivity contribution in [2.24, 2.45) is 0 Å². The van der Waals surface area contributed by atoms with Gasteiger partial charge in [0.15, 0.2) is 5.54 Å². The van der Waals surface area contributed by atoms with Crippen LogP contribution in [0.5, 0.6) is 0 Å². The maximum atomic E-state index is 12.5. The molecule has 0 saturated heterocycles. The molecular formula is C17H18BrNO2. The minimum atomic E-state index is -0.961. The van der Waals surface area contributed by atoms with Gasteiger partial charge in [-0.15, -0.1) is 0 Å². The highest BCUT2D eigenvalue weighted by Gasteiger charge is 2.38. The van der Waals surface area contributed by atoms with Crippen molar-refractivity contribution in [3.8, 4) is 0 Å². The van der Waals surface area contributed by atoms with Gasteiger partial charge in [-0.3, -0.25) is 0 Å². The van der Waals surface area contributed by atoms with Gasteiger partial charge in [-0.05, 0) is 32.0 Å². The second-order valence-corrected chi connectivity index (χ2v) is 5.67. The number of rotatable bonds is 5. The Hall–Kier alpha value is -1.81. The third kappa shape index (κ3) is 3.45. The van der Waals surface area contributed by atoms with Crippen LogP contribution in [0.1, 0.15) is 19.4 Å². The first-order valence-corrected chi connectivity index (χ1v) is 7.62. The fourth-order valence-corrected chi connectivity index (χ4v) is 2.86. The molecule has 0 aliphatic rings. The SMILES string of the molecule is CCOC(=O)C(C)(Nc1ccccc1)c1ccccc1Br. The lowest BCUT2D eigenvalue weighted by molar-refractivity contribution is -0.148. The molecule has 3 nitrogen and oxygen atoms in total. The zero-order chi connectivity index (χ0) is 15.3. The lowest BCUT2D eigenvalue weighted by atomic mass is 9.91. The van der Waals surface area contributed by atoms with Gasteiger partial charge in [0.2, 0.25) is 0 Å². The Balaban J connectivity index is 2.44. The molecule has 2 rings (SSSR count). The zero-order valence-corrected chi connectivity index (χ0v) is 13.7. The van der Waals surface area contributed by atoms with E-state index in [1.165, 1.54) is 0 Å². The molecule has 0 aromatic heterocycles. The fraction of sp³-hybridized carbons (Fsp3) is 0.235. The number of hydrogen-bond acceptors (Lipinski definition) is 3. The van der Waals surface area contributed by atoms with Gasteiger partial charge in [-0.25, -0.2) is 4.79 Å². The largest absolute Gasteiger partial charge is 0.464 e. The molecule has 0 amide bonds. The topological polar surface area (TPSA) is 38.3 Å². The van der Waals surface area contributed by atoms with Crippen LogP contribution < -0.4 is 5.32 Å². The van der Waals surface area contributed by atoms with E-state index in [1.54, 1.807) is 6.92 Å². The number of carbonyl (C=O) groups excluding carboxylic acids is 1. The minimum absolute atomic E-state index is 0.305. The van der Waals surface area contributed by atoms with E-state index >= 15 is 0 Å². The van der Waals surface area contributed by atoms with E-state index in [0.29, 0.717) is 6.61 Å². The highest BCUT2D eigenvalue weighted by molar-refractivity contribution is 9.10. The normalized spacial score (nSPS) is 13.3. The van der Waals surface area contributed by atoms with Crippen molar-refractivity contribution in [3.63, 3.8) is 0 Å². The van der Waals surface area contributed by atoms with E-state index in [2.05, 4.69) is 21.2 Å². The van der Waals surface area contributed by atoms with Crippen LogP contribution in [-0.2, 0) is 15.1 Å². The summed E-state index contributed by atoms with van der Waals surface area (Å²) in [4.78, 5) is 12.5. The Morgan fingerprint density at radius 1 is 1.14 bits per heavy atom. The van der Waals surface area contributed by atoms with Crippen molar-refractivity contribution in [2.45, 2.75) is 19.4 Å². The summed E-state index contributed by atoms with van der Waals surface area (Å²) in [6.07, 6.45) is 0. The lowest BCUT2D eigenvalue weighted by Gasteiger charge is -2.31. The number of nitrogens with one attached hydrogen (secondary N) is 1. The van der Waals surface area contributed by atoms with Crippen molar-refractivity contribution in [2.75, 3.05) is 11.9 Å². The van der Waals surface area contributed by atoms with Crippen LogP contribution in [0.2, 0.25) is 0 Å². The molecule has 21 heavy (non-hydrogen) atoms. The van der Waals surface area contributed by atoms with Crippen LogP contribution in [0, 0.1) is 0 Å². The minimum Gasteiger partial charge on any atom is -0.464 e. The molecule has 0 fully saturated rings. The van der Waals surface area contributed by atoms with E-state index in [0.717, 1.165) is 15.7 Å². The monoisotopic (exact) mass is 347 g/mol. The van der Waals surface area contributed by atoms with E-state index in [9.17, 15) is 4.79 Å². The number of anilines is 1. The molecule has 0 radical (unpaired) electrons. The molecule has 4 heteroatoms. The van der Waals surface area contributed by atoms with Gasteiger partial charge >= 0.3 is 5.97 Å². The average molecular weight is 348 g/mol. The second-order valence-electron chi connectivity index (χ2n) is 4.82. The summed E-state index contributed by atoms with van der Waals surface area (Å²) in [5, 5.41) is 3.29. The van der Waals surface area contributed by atoms with Crippen molar-refractivity contribution in [3.05, 3.63) is 64.6 Å². The van der Waals surface area contributed by atoms with Gasteiger partial charge in [0.05, 0.1) is 6.61 Å². The Morgan fingerprint density at radius 3 is 2.38 bits per heavy atom. The van der Waals surface area contributed by atoms with Crippen LogP contribution in [0.15, 0.2) is 59.1 Å². The predicted octanol–water partition coefficient (Wildman–Crippen LogP) is 4.34. The first-order valence-electron chi connectivity index (χ1n) is 6.83. The van der Waals surface area contributed by atoms with E-state index in [-0.39, 0.29) is 5.97 Å². The number of para-hydroxylation sites is 1. The van der Waals surface area contributed by atoms with E-state index in [4.69, 9.17) is 4.74 Å². The van der Waals surface area contributed by atoms with Crippen molar-refractivity contribution in [1.82, 2.24) is 0 Å². The summed E-state index contributed by atoms with van der Waals surface area (Å²) in [5.74, 6) is -0.305. The van der Waals surface area contributed by atoms with Gasteiger partial charge in [-0.1, -0.05) is 52.3 Å². The molecule has 110 valence electrons. The Bertz CT molecular complexity index is 615. The number of benzene rings is 2. The molecule has 0 spiro atoms. The molecule has 0 bridgehead atoms. The highest BCUT2D eigenvalue weighted by Crippen LogP contribution is 2.32. The Morgan fingerprint density at radius 2 is 1.76 bits per heavy atom. The smallest absolute Gasteiger partial charge is 0.336 e. The van der Waals surface area contributed by atoms with Crippen LogP contribution in [-0.4, -0.2) is 12.6 Å². The first-order chi connectivity index (χ1) is 10.1. The maximum absolute atomic E-state index is 12.5. The number of esters is 1. The molecule has 1 atom stereocenters. The van der Waals surface area contributed by atoms with Crippen LogP contribution in [0.25, 0.3) is 0 Å². The zero-order valence-electron chi connectivity index (χ0n) is 12.1. The van der Waals surface area contributed by atoms with Crippen LogP contribution in [0.4, 0.5) is 5.69 Å². The molecule has 2 aromatic carbocycles. The van der Waals surface area contributed by atoms with Crippen molar-refractivity contribution < 1.29 is 9.53 Å². The second kappa shape index (κ2) is 6.76. The molecule has 1 unspecified atom stereocenters. The summed E-state index contributed by atoms with van der Waals surface area (Å²) < 4.78 is 6.13. The third-order valence-electron chi connectivity index (χ3n) is 3.26. The highest BCUT2D eigenvalue weighted by atomic mass is 79.9. The summed E-state index contributed by atoms with van der Waals surface area (Å²) in [5.41, 5.74) is 0.744. The molecule has 1 N–H and O–H groups in total. The van der Waals surface area contributed by atoms with Gasteiger partial charge in [0, 0.05) is 15.7 Å². The summed E-state index contributed by atoms with van der Waals surface area (Å²) in [7, 11) is 0. The Labute approximate surface area is 133 Å². The van der Waals surface area contributed by atoms with E-state index < -0.39 is 5.54 Å². The third-order valence-corrected chi connectivity index (χ3v) is 3.96. The van der Waals surface area contributed by atoms with Gasteiger partial charge in [-0.2, -0.15) is 0 Å². The predicted molar refractivity (Wildman–Crippen MR) is 88.2 cm³/mol. The number of carbonyl (C=O) groups is 1. The standard InChI is InChI=1S/C17H18BrNO2/c1-3-21-16(20)17(2,14-11-7-8-12-15(14)18)19-13-9-5-4-6-10-13/h4-12,19H,3H2,1-2H3. The van der Waals surface area contributed by atoms with Gasteiger partial charge in [0.1, 0.15) is 0 Å². The molecule has 2 aromatic rings. The number of halogens is 1. The van der Waals surface area contributed by atoms with Crippen molar-refractivity contribution >= 4 is 27.6 Å². The molecule has 0 aliphatic carbocycles. The quantitative estimate of drug-likeness (QED) is 0.817. The maximum Gasteiger partial charge on any atom is 0.336 e. The first kappa shape index (κ1) is 15.6. The van der Waals surface area contributed by atoms with Crippen molar-refractivity contribution in [1.29, 1.82) is 0 Å². The van der Waals surface area contributed by atoms with Crippen LogP contribution >= 0.6 is 15.9 Å². The van der Waals surface area contributed by atoms with Crippen LogP contribution in [0.3, 0.4) is 0 Å². The summed E-state index contributed by atoms with van der Waals surface area (Å²) in [6, 6.07) is 17.3. The van der Waals surface area contributed by atoms with Gasteiger partial charge in [0.25, 0.3) is 0 Å². The number of hydrogen-bond donors (Lipinski definition) is 1. The molecule has 0 saturated carbocycles. The Kier molecular flexibility index (Phi) is 5.02. The summed E-state index contributed by atoms with van der Waals surface area (Å²) >= 11 is 3.52. The average Bonchev–Trinajstić information content (AvgIpc) is 2.48. The lowest BCUT2D eigenvalue weighted by Crippen LogP contribution is -2.42. The fourth-order valence-electron chi connectivity index (χ4n) is 2.18. The molecular weight excluding hydrogens is 330 g/mol. The molecule has 0 heterocycles.